The molecule has 0 fully saturated rings. The largest absolute Gasteiger partial charge is 0.337 e. The van der Waals surface area contributed by atoms with Gasteiger partial charge in [0.1, 0.15) is 5.82 Å². The Morgan fingerprint density at radius 1 is 1.20 bits per heavy atom. The van der Waals surface area contributed by atoms with Gasteiger partial charge in [-0.3, -0.25) is 4.79 Å². The van der Waals surface area contributed by atoms with E-state index in [9.17, 15) is 9.18 Å². The van der Waals surface area contributed by atoms with Crippen LogP contribution in [0.25, 0.3) is 0 Å². The molecule has 0 atom stereocenters. The fraction of sp³-hybridized carbons (Fsp3) is 0.188. The van der Waals surface area contributed by atoms with Gasteiger partial charge in [0.25, 0.3) is 5.91 Å². The third-order valence-corrected chi connectivity index (χ3v) is 3.35. The molecular formula is C16H16FNOS. The molecule has 0 spiro atoms. The maximum atomic E-state index is 13.7. The van der Waals surface area contributed by atoms with Crippen LogP contribution in [0.3, 0.4) is 0 Å². The molecule has 0 radical (unpaired) electrons. The number of thiol groups is 1. The second-order valence-corrected chi connectivity index (χ2v) is 5.33. The summed E-state index contributed by atoms with van der Waals surface area (Å²) in [7, 11) is 1.66. The molecule has 0 aliphatic carbocycles. The number of carbonyl (C=O) groups excluding carboxylic acids is 1. The van der Waals surface area contributed by atoms with Gasteiger partial charge < -0.3 is 4.90 Å². The second-order valence-electron chi connectivity index (χ2n) is 4.81. The highest BCUT2D eigenvalue weighted by atomic mass is 32.1. The SMILES string of the molecule is Cc1ccc(CN(C)C(=O)c2cc(S)ccc2F)cc1. The zero-order valence-electron chi connectivity index (χ0n) is 11.4. The van der Waals surface area contributed by atoms with Gasteiger partial charge in [-0.15, -0.1) is 12.6 Å². The summed E-state index contributed by atoms with van der Waals surface area (Å²) in [4.78, 5) is 14.3. The number of rotatable bonds is 3. The molecule has 2 aromatic carbocycles. The van der Waals surface area contributed by atoms with E-state index in [1.165, 1.54) is 23.1 Å². The van der Waals surface area contributed by atoms with Gasteiger partial charge in [-0.25, -0.2) is 4.39 Å². The smallest absolute Gasteiger partial charge is 0.256 e. The maximum Gasteiger partial charge on any atom is 0.256 e. The van der Waals surface area contributed by atoms with Crippen LogP contribution in [0.4, 0.5) is 4.39 Å². The van der Waals surface area contributed by atoms with Crippen molar-refractivity contribution in [2.24, 2.45) is 0 Å². The second kappa shape index (κ2) is 6.09. The molecule has 104 valence electrons. The number of halogens is 1. The summed E-state index contributed by atoms with van der Waals surface area (Å²) < 4.78 is 13.7. The third-order valence-electron chi connectivity index (χ3n) is 3.07. The van der Waals surface area contributed by atoms with E-state index in [0.717, 1.165) is 11.1 Å². The van der Waals surface area contributed by atoms with Crippen molar-refractivity contribution >= 4 is 18.5 Å². The predicted molar refractivity (Wildman–Crippen MR) is 80.6 cm³/mol. The van der Waals surface area contributed by atoms with Crippen LogP contribution in [0.5, 0.6) is 0 Å². The van der Waals surface area contributed by atoms with Crippen LogP contribution < -0.4 is 0 Å². The van der Waals surface area contributed by atoms with Crippen LogP contribution in [0.1, 0.15) is 21.5 Å². The van der Waals surface area contributed by atoms with E-state index in [4.69, 9.17) is 0 Å². The van der Waals surface area contributed by atoms with Crippen LogP contribution in [0.2, 0.25) is 0 Å². The van der Waals surface area contributed by atoms with E-state index < -0.39 is 5.82 Å². The Bertz CT molecular complexity index is 625. The number of amides is 1. The lowest BCUT2D eigenvalue weighted by Crippen LogP contribution is -2.27. The molecule has 0 saturated heterocycles. The van der Waals surface area contributed by atoms with Crippen LogP contribution in [-0.4, -0.2) is 17.9 Å². The van der Waals surface area contributed by atoms with E-state index in [2.05, 4.69) is 12.6 Å². The normalized spacial score (nSPS) is 10.4. The average molecular weight is 289 g/mol. The molecule has 0 heterocycles. The quantitative estimate of drug-likeness (QED) is 0.854. The molecule has 0 bridgehead atoms. The molecule has 0 unspecified atom stereocenters. The first-order chi connectivity index (χ1) is 9.47. The topological polar surface area (TPSA) is 20.3 Å². The zero-order chi connectivity index (χ0) is 14.7. The van der Waals surface area contributed by atoms with Gasteiger partial charge in [0.05, 0.1) is 5.56 Å². The highest BCUT2D eigenvalue weighted by molar-refractivity contribution is 7.80. The van der Waals surface area contributed by atoms with Crippen molar-refractivity contribution in [2.75, 3.05) is 7.05 Å². The summed E-state index contributed by atoms with van der Waals surface area (Å²) in [6.07, 6.45) is 0. The van der Waals surface area contributed by atoms with Gasteiger partial charge >= 0.3 is 0 Å². The highest BCUT2D eigenvalue weighted by Gasteiger charge is 2.16. The summed E-state index contributed by atoms with van der Waals surface area (Å²) in [5, 5.41) is 0. The van der Waals surface area contributed by atoms with Crippen molar-refractivity contribution in [2.45, 2.75) is 18.4 Å². The Balaban J connectivity index is 2.16. The minimum absolute atomic E-state index is 0.0483. The first-order valence-corrected chi connectivity index (χ1v) is 6.71. The van der Waals surface area contributed by atoms with Crippen molar-refractivity contribution in [1.82, 2.24) is 4.90 Å². The van der Waals surface area contributed by atoms with Crippen molar-refractivity contribution < 1.29 is 9.18 Å². The van der Waals surface area contributed by atoms with Crippen LogP contribution in [0, 0.1) is 12.7 Å². The maximum absolute atomic E-state index is 13.7. The molecule has 2 nitrogen and oxygen atoms in total. The van der Waals surface area contributed by atoms with E-state index in [0.29, 0.717) is 11.4 Å². The summed E-state index contributed by atoms with van der Waals surface area (Å²) in [5.74, 6) is -0.873. The fourth-order valence-electron chi connectivity index (χ4n) is 1.92. The van der Waals surface area contributed by atoms with Crippen LogP contribution in [0.15, 0.2) is 47.4 Å². The number of aryl methyl sites for hydroxylation is 1. The minimum atomic E-state index is -0.524. The first kappa shape index (κ1) is 14.6. The van der Waals surface area contributed by atoms with Gasteiger partial charge in [0.2, 0.25) is 0 Å². The lowest BCUT2D eigenvalue weighted by molar-refractivity contribution is 0.0780. The molecule has 0 N–H and O–H groups in total. The Morgan fingerprint density at radius 2 is 1.85 bits per heavy atom. The summed E-state index contributed by atoms with van der Waals surface area (Å²) in [6.45, 7) is 2.45. The molecule has 1 amide bonds. The monoisotopic (exact) mass is 289 g/mol. The fourth-order valence-corrected chi connectivity index (χ4v) is 2.13. The molecule has 2 rings (SSSR count). The van der Waals surface area contributed by atoms with Crippen molar-refractivity contribution in [1.29, 1.82) is 0 Å². The van der Waals surface area contributed by atoms with E-state index in [-0.39, 0.29) is 11.5 Å². The average Bonchev–Trinajstić information content (AvgIpc) is 2.43. The molecule has 20 heavy (non-hydrogen) atoms. The Morgan fingerprint density at radius 3 is 2.50 bits per heavy atom. The summed E-state index contributed by atoms with van der Waals surface area (Å²) in [5.41, 5.74) is 2.22. The molecule has 0 saturated carbocycles. The molecule has 0 aliphatic rings. The van der Waals surface area contributed by atoms with E-state index in [1.54, 1.807) is 7.05 Å². The van der Waals surface area contributed by atoms with Crippen molar-refractivity contribution in [3.63, 3.8) is 0 Å². The van der Waals surface area contributed by atoms with Gasteiger partial charge in [0.15, 0.2) is 0 Å². The summed E-state index contributed by atoms with van der Waals surface area (Å²) in [6, 6.07) is 12.1. The Labute approximate surface area is 123 Å². The van der Waals surface area contributed by atoms with Crippen molar-refractivity contribution in [3.05, 3.63) is 65.0 Å². The summed E-state index contributed by atoms with van der Waals surface area (Å²) >= 11 is 4.14. The third kappa shape index (κ3) is 3.39. The molecular weight excluding hydrogens is 273 g/mol. The number of hydrogen-bond donors (Lipinski definition) is 1. The van der Waals surface area contributed by atoms with Crippen molar-refractivity contribution in [3.8, 4) is 0 Å². The molecule has 2 aromatic rings. The van der Waals surface area contributed by atoms with Crippen LogP contribution >= 0.6 is 12.6 Å². The first-order valence-electron chi connectivity index (χ1n) is 6.27. The predicted octanol–water partition coefficient (Wildman–Crippen LogP) is 3.70. The number of carbonyl (C=O) groups is 1. The van der Waals surface area contributed by atoms with Gasteiger partial charge in [-0.05, 0) is 30.7 Å². The highest BCUT2D eigenvalue weighted by Crippen LogP contribution is 2.16. The molecule has 4 heteroatoms. The van der Waals surface area contributed by atoms with E-state index >= 15 is 0 Å². The lowest BCUT2D eigenvalue weighted by atomic mass is 10.1. The van der Waals surface area contributed by atoms with Gasteiger partial charge in [-0.2, -0.15) is 0 Å². The number of benzene rings is 2. The minimum Gasteiger partial charge on any atom is -0.337 e. The standard InChI is InChI=1S/C16H16FNOS/c1-11-3-5-12(6-4-11)10-18(2)16(19)14-9-13(20)7-8-15(14)17/h3-9,20H,10H2,1-2H3. The lowest BCUT2D eigenvalue weighted by Gasteiger charge is -2.18. The van der Waals surface area contributed by atoms with Gasteiger partial charge in [-0.1, -0.05) is 29.8 Å². The molecule has 0 aliphatic heterocycles. The Kier molecular flexibility index (Phi) is 4.45. The van der Waals surface area contributed by atoms with Gasteiger partial charge in [0, 0.05) is 18.5 Å². The number of hydrogen-bond acceptors (Lipinski definition) is 2. The number of nitrogens with zero attached hydrogens (tertiary/aromatic N) is 1. The van der Waals surface area contributed by atoms with Crippen LogP contribution in [-0.2, 0) is 6.54 Å². The zero-order valence-corrected chi connectivity index (χ0v) is 12.3. The molecule has 0 aromatic heterocycles. The van der Waals surface area contributed by atoms with E-state index in [1.807, 2.05) is 31.2 Å². The Hall–Kier alpha value is -1.81.